The first-order valence-electron chi connectivity index (χ1n) is 16.9. The largest absolute Gasteiger partial charge is 0.481 e. The summed E-state index contributed by atoms with van der Waals surface area (Å²) in [6.45, 7) is 11.6. The minimum atomic E-state index is -1.24. The van der Waals surface area contributed by atoms with Crippen molar-refractivity contribution in [2.24, 2.45) is 0 Å². The number of nitrogens with one attached hydrogen (secondary N) is 2. The summed E-state index contributed by atoms with van der Waals surface area (Å²) in [6.07, 6.45) is 3.97. The van der Waals surface area contributed by atoms with Crippen LogP contribution in [0, 0.1) is 13.8 Å². The molecule has 0 saturated carbocycles. The van der Waals surface area contributed by atoms with Crippen LogP contribution in [0.3, 0.4) is 0 Å². The number of hydrogen-bond donors (Lipinski definition) is 4. The van der Waals surface area contributed by atoms with E-state index in [0.717, 1.165) is 44.4 Å². The Hall–Kier alpha value is -6.04. The van der Waals surface area contributed by atoms with Gasteiger partial charge in [0, 0.05) is 40.5 Å². The van der Waals surface area contributed by atoms with Crippen molar-refractivity contribution in [1.82, 2.24) is 19.9 Å². The number of nitrogens with zero attached hydrogens (tertiary/aromatic N) is 2. The SMILES string of the molecule is C=Cc1c(C)c2cc3nc(cc4[nH]c(cc5nc(cc1[nH]2)C(C)=C5CCC(=O)O)c(CCC(=O)O)c4C)[C@@]1(C)C3=CCC(C(=O)OC)=C1C(=O)OC. The maximum atomic E-state index is 13.6. The summed E-state index contributed by atoms with van der Waals surface area (Å²) in [5.74, 6) is -3.24. The van der Waals surface area contributed by atoms with Crippen molar-refractivity contribution >= 4 is 68.7 Å². The second-order valence-electron chi connectivity index (χ2n) is 13.3. The van der Waals surface area contributed by atoms with Crippen molar-refractivity contribution in [2.45, 2.75) is 65.2 Å². The summed E-state index contributed by atoms with van der Waals surface area (Å²) in [6, 6.07) is 7.46. The molecule has 1 aliphatic carbocycles. The lowest BCUT2D eigenvalue weighted by Gasteiger charge is -2.32. The number of carboxylic acid groups (broad SMARTS) is 2. The Morgan fingerprint density at radius 1 is 0.827 bits per heavy atom. The molecule has 0 unspecified atom stereocenters. The molecule has 0 aromatic carbocycles. The molecule has 2 aliphatic heterocycles. The molecular weight excluding hydrogens is 664 g/mol. The van der Waals surface area contributed by atoms with Crippen molar-refractivity contribution in [3.63, 3.8) is 0 Å². The van der Waals surface area contributed by atoms with E-state index in [1.54, 1.807) is 6.08 Å². The third kappa shape index (κ3) is 5.93. The Morgan fingerprint density at radius 2 is 1.44 bits per heavy atom. The number of carboxylic acids is 2. The van der Waals surface area contributed by atoms with Gasteiger partial charge in [-0.3, -0.25) is 14.6 Å². The number of carbonyl (C=O) groups is 4. The van der Waals surface area contributed by atoms with Crippen LogP contribution in [-0.2, 0) is 40.5 Å². The van der Waals surface area contributed by atoms with E-state index >= 15 is 0 Å². The first-order valence-corrected chi connectivity index (χ1v) is 16.9. The molecule has 0 radical (unpaired) electrons. The highest BCUT2D eigenvalue weighted by atomic mass is 16.5. The molecule has 8 bridgehead atoms. The fourth-order valence-corrected chi connectivity index (χ4v) is 7.56. The summed E-state index contributed by atoms with van der Waals surface area (Å²) >= 11 is 0. The van der Waals surface area contributed by atoms with Gasteiger partial charge in [0.05, 0.1) is 53.6 Å². The van der Waals surface area contributed by atoms with E-state index in [2.05, 4.69) is 16.5 Å². The molecule has 6 rings (SSSR count). The average Bonchev–Trinajstić information content (AvgIpc) is 3.76. The number of ether oxygens (including phenoxy) is 2. The predicted molar refractivity (Wildman–Crippen MR) is 197 cm³/mol. The van der Waals surface area contributed by atoms with Crippen LogP contribution in [0.15, 0.2) is 48.1 Å². The Morgan fingerprint density at radius 3 is 2.10 bits per heavy atom. The molecule has 3 aromatic rings. The number of allylic oxidation sites excluding steroid dienone is 4. The molecule has 0 spiro atoms. The zero-order valence-electron chi connectivity index (χ0n) is 29.9. The fourth-order valence-electron chi connectivity index (χ4n) is 7.56. The standard InChI is InChI=1S/C40H40N4O8/c1-8-22-19(2)28-16-33-26-12-9-25(38(49)51-6)37(39(50)52-7)40(26,5)34(44-33)18-29-21(4)24(11-14-36(47)48)32(43-29)17-31-23(10-13-35(45)46)20(3)27(42-31)15-30(22)41-28/h8,12,15-18,41,43H,1,9-11,13-14H2,2-7H3,(H,45,46)(H,47,48)/t40-/m1/s1. The number of hydrogen-bond acceptors (Lipinski definition) is 8. The van der Waals surface area contributed by atoms with Crippen LogP contribution in [0.25, 0.3) is 44.9 Å². The van der Waals surface area contributed by atoms with Crippen LogP contribution in [0.4, 0.5) is 0 Å². The van der Waals surface area contributed by atoms with Gasteiger partial charge in [-0.05, 0) is 105 Å². The number of aromatic nitrogens is 4. The minimum Gasteiger partial charge on any atom is -0.481 e. The average molecular weight is 705 g/mol. The number of methoxy groups -OCH3 is 2. The Balaban J connectivity index is 1.79. The van der Waals surface area contributed by atoms with Crippen molar-refractivity contribution in [3.8, 4) is 0 Å². The van der Waals surface area contributed by atoms with Crippen LogP contribution in [0.1, 0.15) is 84.6 Å². The summed E-state index contributed by atoms with van der Waals surface area (Å²) in [5, 5.41) is 19.2. The van der Waals surface area contributed by atoms with Gasteiger partial charge in [-0.25, -0.2) is 14.6 Å². The molecule has 3 aromatic heterocycles. The number of rotatable bonds is 9. The first-order chi connectivity index (χ1) is 24.7. The summed E-state index contributed by atoms with van der Waals surface area (Å²) in [4.78, 5) is 67.3. The fraction of sp³-hybridized carbons (Fsp3) is 0.300. The van der Waals surface area contributed by atoms with Crippen molar-refractivity contribution in [2.75, 3.05) is 14.2 Å². The number of carbonyl (C=O) groups excluding carboxylic acids is 2. The molecule has 12 heteroatoms. The molecule has 3 aliphatic rings. The molecular formula is C40H40N4O8. The molecule has 5 heterocycles. The molecule has 268 valence electrons. The van der Waals surface area contributed by atoms with Crippen LogP contribution in [0.2, 0.25) is 0 Å². The van der Waals surface area contributed by atoms with E-state index in [0.29, 0.717) is 39.4 Å². The lowest BCUT2D eigenvalue weighted by molar-refractivity contribution is -0.139. The summed E-state index contributed by atoms with van der Waals surface area (Å²) in [7, 11) is 2.52. The van der Waals surface area contributed by atoms with Crippen LogP contribution >= 0.6 is 0 Å². The topological polar surface area (TPSA) is 185 Å². The third-order valence-electron chi connectivity index (χ3n) is 10.4. The van der Waals surface area contributed by atoms with E-state index in [1.165, 1.54) is 14.2 Å². The molecule has 0 fully saturated rings. The quantitative estimate of drug-likeness (QED) is 0.173. The van der Waals surface area contributed by atoms with Gasteiger partial charge < -0.3 is 29.7 Å². The lowest BCUT2D eigenvalue weighted by atomic mass is 9.68. The number of fused-ring (bicyclic) bond motifs is 11. The highest BCUT2D eigenvalue weighted by Crippen LogP contribution is 2.51. The summed E-state index contributed by atoms with van der Waals surface area (Å²) in [5.41, 5.74) is 9.54. The predicted octanol–water partition coefficient (Wildman–Crippen LogP) is 6.77. The third-order valence-corrected chi connectivity index (χ3v) is 10.4. The maximum absolute atomic E-state index is 13.6. The van der Waals surface area contributed by atoms with Crippen LogP contribution < -0.4 is 0 Å². The zero-order chi connectivity index (χ0) is 37.6. The highest BCUT2D eigenvalue weighted by molar-refractivity contribution is 6.07. The van der Waals surface area contributed by atoms with E-state index in [9.17, 15) is 29.4 Å². The second kappa shape index (κ2) is 13.6. The van der Waals surface area contributed by atoms with Gasteiger partial charge in [0.1, 0.15) is 0 Å². The van der Waals surface area contributed by atoms with Crippen molar-refractivity contribution < 1.29 is 38.9 Å². The zero-order valence-corrected chi connectivity index (χ0v) is 29.9. The number of esters is 2. The van der Waals surface area contributed by atoms with Gasteiger partial charge in [0.15, 0.2) is 0 Å². The molecule has 12 nitrogen and oxygen atoms in total. The van der Waals surface area contributed by atoms with Crippen molar-refractivity contribution in [1.29, 1.82) is 0 Å². The van der Waals surface area contributed by atoms with Crippen molar-refractivity contribution in [3.05, 3.63) is 93.1 Å². The minimum absolute atomic E-state index is 0.101. The Bertz CT molecular complexity index is 2370. The number of H-pyrrole nitrogens is 2. The van der Waals surface area contributed by atoms with Gasteiger partial charge in [-0.1, -0.05) is 18.7 Å². The highest BCUT2D eigenvalue weighted by Gasteiger charge is 2.49. The molecule has 4 N–H and O–H groups in total. The summed E-state index contributed by atoms with van der Waals surface area (Å²) < 4.78 is 10.4. The van der Waals surface area contributed by atoms with Gasteiger partial charge in [-0.15, -0.1) is 0 Å². The van der Waals surface area contributed by atoms with E-state index in [-0.39, 0.29) is 43.3 Å². The number of aliphatic carboxylic acids is 2. The van der Waals surface area contributed by atoms with Gasteiger partial charge in [0.25, 0.3) is 0 Å². The van der Waals surface area contributed by atoms with Gasteiger partial charge in [-0.2, -0.15) is 0 Å². The number of aromatic amines is 2. The molecule has 0 saturated heterocycles. The molecule has 0 amide bonds. The lowest BCUT2D eigenvalue weighted by Crippen LogP contribution is -2.34. The van der Waals surface area contributed by atoms with E-state index < -0.39 is 29.3 Å². The Labute approximate surface area is 299 Å². The van der Waals surface area contributed by atoms with Gasteiger partial charge >= 0.3 is 23.9 Å². The second-order valence-corrected chi connectivity index (χ2v) is 13.3. The maximum Gasteiger partial charge on any atom is 0.335 e. The van der Waals surface area contributed by atoms with Crippen LogP contribution in [0.5, 0.6) is 0 Å². The monoisotopic (exact) mass is 704 g/mol. The first kappa shape index (κ1) is 35.8. The smallest absolute Gasteiger partial charge is 0.335 e. The van der Waals surface area contributed by atoms with Gasteiger partial charge in [0.2, 0.25) is 0 Å². The van der Waals surface area contributed by atoms with E-state index in [1.807, 2.05) is 58.0 Å². The van der Waals surface area contributed by atoms with E-state index in [4.69, 9.17) is 19.4 Å². The molecule has 52 heavy (non-hydrogen) atoms. The van der Waals surface area contributed by atoms with Crippen LogP contribution in [-0.4, -0.2) is 68.2 Å². The normalized spacial score (nSPS) is 16.7. The Kier molecular flexibility index (Phi) is 9.35. The molecule has 1 atom stereocenters. The number of aryl methyl sites for hydroxylation is 3.